The van der Waals surface area contributed by atoms with Gasteiger partial charge in [-0.05, 0) is 38.1 Å². The van der Waals surface area contributed by atoms with Gasteiger partial charge in [0, 0.05) is 13.1 Å². The average Bonchev–Trinajstić information content (AvgIpc) is 2.39. The van der Waals surface area contributed by atoms with Crippen LogP contribution in [0.15, 0.2) is 24.3 Å². The van der Waals surface area contributed by atoms with Gasteiger partial charge in [-0.2, -0.15) is 0 Å². The number of rotatable bonds is 8. The summed E-state index contributed by atoms with van der Waals surface area (Å²) >= 11 is 0. The minimum Gasteiger partial charge on any atom is -0.497 e. The molecule has 112 valence electrons. The van der Waals surface area contributed by atoms with Gasteiger partial charge in [-0.1, -0.05) is 25.5 Å². The second kappa shape index (κ2) is 7.29. The molecule has 0 radical (unpaired) electrons. The van der Waals surface area contributed by atoms with E-state index in [4.69, 9.17) is 4.74 Å². The Morgan fingerprint density at radius 2 is 1.95 bits per heavy atom. The highest BCUT2D eigenvalue weighted by atomic mass is 16.5. The number of hydrogen-bond acceptors (Lipinski definition) is 3. The maximum Gasteiger partial charge on any atom is 0.310 e. The molecule has 1 atom stereocenters. The van der Waals surface area contributed by atoms with Gasteiger partial charge in [0.2, 0.25) is 0 Å². The lowest BCUT2D eigenvalue weighted by Gasteiger charge is -2.30. The molecule has 0 heterocycles. The zero-order chi connectivity index (χ0) is 15.2. The summed E-state index contributed by atoms with van der Waals surface area (Å²) in [6.07, 6.45) is 1.56. The number of hydrogen-bond donors (Lipinski definition) is 1. The van der Waals surface area contributed by atoms with Gasteiger partial charge in [0.1, 0.15) is 5.75 Å². The van der Waals surface area contributed by atoms with Gasteiger partial charge in [0.25, 0.3) is 0 Å². The summed E-state index contributed by atoms with van der Waals surface area (Å²) in [4.78, 5) is 13.5. The summed E-state index contributed by atoms with van der Waals surface area (Å²) in [5.41, 5.74) is 0.466. The molecule has 0 fully saturated rings. The van der Waals surface area contributed by atoms with Crippen LogP contribution in [0.25, 0.3) is 0 Å². The van der Waals surface area contributed by atoms with E-state index < -0.39 is 11.4 Å². The van der Waals surface area contributed by atoms with Crippen molar-refractivity contribution in [2.24, 2.45) is 5.41 Å². The van der Waals surface area contributed by atoms with Crippen LogP contribution in [0.3, 0.4) is 0 Å². The van der Waals surface area contributed by atoms with Crippen molar-refractivity contribution < 1.29 is 14.6 Å². The molecule has 4 nitrogen and oxygen atoms in total. The molecule has 0 spiro atoms. The fourth-order valence-corrected chi connectivity index (χ4v) is 2.50. The van der Waals surface area contributed by atoms with Crippen LogP contribution in [0.5, 0.6) is 5.75 Å². The number of aliphatic carboxylic acids is 1. The first-order valence-electron chi connectivity index (χ1n) is 6.96. The van der Waals surface area contributed by atoms with Gasteiger partial charge < -0.3 is 14.7 Å². The molecule has 1 aromatic rings. The molecule has 20 heavy (non-hydrogen) atoms. The molecule has 4 heteroatoms. The molecule has 0 aromatic heterocycles. The number of carbonyl (C=O) groups is 1. The van der Waals surface area contributed by atoms with E-state index in [0.29, 0.717) is 13.0 Å². The maximum atomic E-state index is 11.4. The van der Waals surface area contributed by atoms with Crippen molar-refractivity contribution in [3.63, 3.8) is 0 Å². The van der Waals surface area contributed by atoms with Crippen LogP contribution in [0, 0.1) is 5.41 Å². The number of nitrogens with zero attached hydrogens (tertiary/aromatic N) is 1. The van der Waals surface area contributed by atoms with Crippen molar-refractivity contribution in [1.29, 1.82) is 0 Å². The van der Waals surface area contributed by atoms with Crippen LogP contribution in [0.1, 0.15) is 32.3 Å². The summed E-state index contributed by atoms with van der Waals surface area (Å²) in [5, 5.41) is 9.40. The SMILES string of the molecule is CCCC(C)(CN(C)Cc1ccc(OC)cc1)C(=O)O. The van der Waals surface area contributed by atoms with Crippen LogP contribution < -0.4 is 4.74 Å². The molecular formula is C16H25NO3. The Morgan fingerprint density at radius 1 is 1.35 bits per heavy atom. The maximum absolute atomic E-state index is 11.4. The summed E-state index contributed by atoms with van der Waals surface area (Å²) in [6, 6.07) is 7.86. The normalized spacial score (nSPS) is 14.1. The topological polar surface area (TPSA) is 49.8 Å². The van der Waals surface area contributed by atoms with Crippen molar-refractivity contribution >= 4 is 5.97 Å². The molecule has 0 amide bonds. The average molecular weight is 279 g/mol. The van der Waals surface area contributed by atoms with E-state index in [1.807, 2.05) is 45.2 Å². The van der Waals surface area contributed by atoms with E-state index in [-0.39, 0.29) is 0 Å². The highest BCUT2D eigenvalue weighted by Gasteiger charge is 2.33. The third-order valence-electron chi connectivity index (χ3n) is 3.55. The second-order valence-electron chi connectivity index (χ2n) is 5.64. The molecular weight excluding hydrogens is 254 g/mol. The number of methoxy groups -OCH3 is 1. The van der Waals surface area contributed by atoms with Gasteiger partial charge >= 0.3 is 5.97 Å². The Morgan fingerprint density at radius 3 is 2.40 bits per heavy atom. The monoisotopic (exact) mass is 279 g/mol. The molecule has 1 rings (SSSR count). The molecule has 1 aromatic carbocycles. The van der Waals surface area contributed by atoms with E-state index in [2.05, 4.69) is 4.90 Å². The van der Waals surface area contributed by atoms with Crippen LogP contribution in [0.4, 0.5) is 0 Å². The van der Waals surface area contributed by atoms with Crippen LogP contribution >= 0.6 is 0 Å². The molecule has 0 aliphatic heterocycles. The van der Waals surface area contributed by atoms with E-state index >= 15 is 0 Å². The lowest BCUT2D eigenvalue weighted by molar-refractivity contribution is -0.149. The Hall–Kier alpha value is -1.55. The molecule has 0 saturated carbocycles. The molecule has 1 unspecified atom stereocenters. The number of carboxylic acid groups (broad SMARTS) is 1. The fraction of sp³-hybridized carbons (Fsp3) is 0.562. The van der Waals surface area contributed by atoms with Crippen molar-refractivity contribution in [3.05, 3.63) is 29.8 Å². The Kier molecular flexibility index (Phi) is 6.02. The first-order chi connectivity index (χ1) is 9.41. The van der Waals surface area contributed by atoms with E-state index in [0.717, 1.165) is 24.3 Å². The summed E-state index contributed by atoms with van der Waals surface area (Å²) in [7, 11) is 3.60. The lowest BCUT2D eigenvalue weighted by atomic mass is 9.85. The van der Waals surface area contributed by atoms with Crippen LogP contribution in [-0.2, 0) is 11.3 Å². The zero-order valence-corrected chi connectivity index (χ0v) is 12.8. The Bertz CT molecular complexity index is 430. The highest BCUT2D eigenvalue weighted by molar-refractivity contribution is 5.74. The molecule has 0 aliphatic rings. The van der Waals surface area contributed by atoms with Crippen molar-refractivity contribution in [2.45, 2.75) is 33.2 Å². The van der Waals surface area contributed by atoms with Crippen LogP contribution in [0.2, 0.25) is 0 Å². The minimum absolute atomic E-state index is 0.544. The third kappa shape index (κ3) is 4.53. The quantitative estimate of drug-likeness (QED) is 0.794. The molecule has 1 N–H and O–H groups in total. The second-order valence-corrected chi connectivity index (χ2v) is 5.64. The van der Waals surface area contributed by atoms with E-state index in [1.54, 1.807) is 7.11 Å². The van der Waals surface area contributed by atoms with Crippen molar-refractivity contribution in [3.8, 4) is 5.75 Å². The Balaban J connectivity index is 2.65. The predicted molar refractivity (Wildman–Crippen MR) is 80.0 cm³/mol. The van der Waals surface area contributed by atoms with Gasteiger partial charge in [-0.3, -0.25) is 4.79 Å². The summed E-state index contributed by atoms with van der Waals surface area (Å²) in [5.74, 6) is 0.110. The summed E-state index contributed by atoms with van der Waals surface area (Å²) in [6.45, 7) is 5.12. The van der Waals surface area contributed by atoms with Gasteiger partial charge in [0.15, 0.2) is 0 Å². The van der Waals surface area contributed by atoms with Crippen LogP contribution in [-0.4, -0.2) is 36.7 Å². The number of benzene rings is 1. The van der Waals surface area contributed by atoms with Crippen molar-refractivity contribution in [2.75, 3.05) is 20.7 Å². The lowest BCUT2D eigenvalue weighted by Crippen LogP contribution is -2.39. The first kappa shape index (κ1) is 16.5. The molecule has 0 bridgehead atoms. The molecule has 0 saturated heterocycles. The van der Waals surface area contributed by atoms with Gasteiger partial charge in [0.05, 0.1) is 12.5 Å². The molecule has 0 aliphatic carbocycles. The number of ether oxygens (including phenoxy) is 1. The van der Waals surface area contributed by atoms with Gasteiger partial charge in [-0.15, -0.1) is 0 Å². The number of carboxylic acids is 1. The first-order valence-corrected chi connectivity index (χ1v) is 6.96. The standard InChI is InChI=1S/C16H25NO3/c1-5-10-16(2,15(18)19)12-17(3)11-13-6-8-14(20-4)9-7-13/h6-9H,5,10-12H2,1-4H3,(H,18,19). The third-order valence-corrected chi connectivity index (χ3v) is 3.55. The predicted octanol–water partition coefficient (Wildman–Crippen LogP) is 3.02. The largest absolute Gasteiger partial charge is 0.497 e. The zero-order valence-electron chi connectivity index (χ0n) is 12.8. The van der Waals surface area contributed by atoms with E-state index in [1.165, 1.54) is 0 Å². The van der Waals surface area contributed by atoms with Gasteiger partial charge in [-0.25, -0.2) is 0 Å². The van der Waals surface area contributed by atoms with Crippen molar-refractivity contribution in [1.82, 2.24) is 4.90 Å². The summed E-state index contributed by atoms with van der Waals surface area (Å²) < 4.78 is 5.13. The minimum atomic E-state index is -0.721. The van der Waals surface area contributed by atoms with E-state index in [9.17, 15) is 9.90 Å². The fourth-order valence-electron chi connectivity index (χ4n) is 2.50. The highest BCUT2D eigenvalue weighted by Crippen LogP contribution is 2.25. The smallest absolute Gasteiger partial charge is 0.310 e. The Labute approximate surface area is 121 Å².